The molecule has 1 amide bonds. The molecule has 0 saturated heterocycles. The number of nitrogens with zero attached hydrogens (tertiary/aromatic N) is 2. The molecule has 0 aliphatic rings. The lowest BCUT2D eigenvalue weighted by Crippen LogP contribution is -2.11. The van der Waals surface area contributed by atoms with Crippen LogP contribution in [0.1, 0.15) is 9.67 Å². The second-order valence-electron chi connectivity index (χ2n) is 5.42. The number of aromatic nitrogens is 2. The summed E-state index contributed by atoms with van der Waals surface area (Å²) >= 11 is 7.19. The molecule has 0 aliphatic carbocycles. The topological polar surface area (TPSA) is 128 Å². The lowest BCUT2D eigenvalue weighted by atomic mass is 10.2. The minimum Gasteiger partial charge on any atom is -0.433 e. The monoisotopic (exact) mass is 444 g/mol. The van der Waals surface area contributed by atoms with Crippen molar-refractivity contribution in [3.8, 4) is 5.75 Å². The van der Waals surface area contributed by atoms with Gasteiger partial charge in [0.2, 0.25) is 5.95 Å². The Hall–Kier alpha value is -3.25. The molecule has 0 fully saturated rings. The molecule has 0 bridgehead atoms. The van der Waals surface area contributed by atoms with Crippen molar-refractivity contribution in [2.24, 2.45) is 5.73 Å². The number of carbonyl (C=O) groups excluding carboxylic acids is 1. The average Bonchev–Trinajstić information content (AvgIpc) is 3.10. The Morgan fingerprint density at radius 1 is 1.28 bits per heavy atom. The molecule has 0 aliphatic heterocycles. The number of rotatable bonds is 7. The number of thiophene rings is 1. The summed E-state index contributed by atoms with van der Waals surface area (Å²) in [6, 6.07) is 3.37. The number of amides is 1. The summed E-state index contributed by atoms with van der Waals surface area (Å²) in [7, 11) is 0. The summed E-state index contributed by atoms with van der Waals surface area (Å²) < 4.78 is 43.4. The highest BCUT2D eigenvalue weighted by molar-refractivity contribution is 7.12. The lowest BCUT2D eigenvalue weighted by molar-refractivity contribution is -0.0493. The SMILES string of the molecule is NC(=O)c1sccc1Nc1nc(Nc2cc(F)c(N)cc2OC(F)F)ncc1Cl. The quantitative estimate of drug-likeness (QED) is 0.404. The van der Waals surface area contributed by atoms with E-state index in [-0.39, 0.29) is 33.0 Å². The predicted octanol–water partition coefficient (Wildman–Crippen LogP) is 4.10. The normalized spacial score (nSPS) is 10.8. The van der Waals surface area contributed by atoms with Crippen LogP contribution < -0.4 is 26.8 Å². The van der Waals surface area contributed by atoms with E-state index in [2.05, 4.69) is 25.3 Å². The van der Waals surface area contributed by atoms with Crippen LogP contribution in [0.2, 0.25) is 5.02 Å². The van der Waals surface area contributed by atoms with Gasteiger partial charge in [0.1, 0.15) is 15.7 Å². The van der Waals surface area contributed by atoms with Crippen molar-refractivity contribution in [2.75, 3.05) is 16.4 Å². The number of hydrogen-bond acceptors (Lipinski definition) is 8. The first kappa shape index (κ1) is 20.5. The van der Waals surface area contributed by atoms with Crippen molar-refractivity contribution in [3.63, 3.8) is 0 Å². The van der Waals surface area contributed by atoms with Crippen LogP contribution in [0.25, 0.3) is 0 Å². The van der Waals surface area contributed by atoms with Gasteiger partial charge >= 0.3 is 6.61 Å². The van der Waals surface area contributed by atoms with Crippen LogP contribution in [0, 0.1) is 5.82 Å². The maximum Gasteiger partial charge on any atom is 0.387 e. The van der Waals surface area contributed by atoms with Crippen LogP contribution in [0.5, 0.6) is 5.75 Å². The molecule has 13 heteroatoms. The molecule has 6 N–H and O–H groups in total. The third kappa shape index (κ3) is 4.78. The van der Waals surface area contributed by atoms with Crippen LogP contribution in [0.15, 0.2) is 29.8 Å². The molecule has 152 valence electrons. The summed E-state index contributed by atoms with van der Waals surface area (Å²) in [6.07, 6.45) is 1.22. The predicted molar refractivity (Wildman–Crippen MR) is 104 cm³/mol. The molecular formula is C16H12ClF3N6O2S. The van der Waals surface area contributed by atoms with Gasteiger partial charge in [-0.2, -0.15) is 13.8 Å². The van der Waals surface area contributed by atoms with Gasteiger partial charge in [0.15, 0.2) is 11.6 Å². The molecule has 1 aromatic carbocycles. The molecular weight excluding hydrogens is 433 g/mol. The molecule has 2 heterocycles. The summed E-state index contributed by atoms with van der Waals surface area (Å²) in [5, 5.41) is 7.15. The van der Waals surface area contributed by atoms with Crippen molar-refractivity contribution < 1.29 is 22.7 Å². The fourth-order valence-corrected chi connectivity index (χ4v) is 3.06. The van der Waals surface area contributed by atoms with Gasteiger partial charge in [0, 0.05) is 12.1 Å². The molecule has 0 spiro atoms. The largest absolute Gasteiger partial charge is 0.433 e. The smallest absolute Gasteiger partial charge is 0.387 e. The summed E-state index contributed by atoms with van der Waals surface area (Å²) in [4.78, 5) is 19.7. The number of primary amides is 1. The van der Waals surface area contributed by atoms with Gasteiger partial charge in [0.05, 0.1) is 23.3 Å². The molecule has 3 aromatic rings. The van der Waals surface area contributed by atoms with E-state index in [1.165, 1.54) is 6.20 Å². The molecule has 29 heavy (non-hydrogen) atoms. The fraction of sp³-hybridized carbons (Fsp3) is 0.0625. The minimum atomic E-state index is -3.16. The molecule has 0 unspecified atom stereocenters. The second kappa shape index (κ2) is 8.41. The number of anilines is 5. The van der Waals surface area contributed by atoms with E-state index in [0.717, 1.165) is 23.5 Å². The van der Waals surface area contributed by atoms with E-state index < -0.39 is 24.1 Å². The molecule has 8 nitrogen and oxygen atoms in total. The van der Waals surface area contributed by atoms with E-state index in [9.17, 15) is 18.0 Å². The van der Waals surface area contributed by atoms with Gasteiger partial charge in [-0.05, 0) is 11.4 Å². The zero-order valence-electron chi connectivity index (χ0n) is 14.2. The first-order chi connectivity index (χ1) is 13.7. The van der Waals surface area contributed by atoms with Crippen LogP contribution in [0.3, 0.4) is 0 Å². The number of nitrogen functional groups attached to an aromatic ring is 1. The van der Waals surface area contributed by atoms with Crippen molar-refractivity contribution in [1.29, 1.82) is 0 Å². The highest BCUT2D eigenvalue weighted by Gasteiger charge is 2.16. The van der Waals surface area contributed by atoms with E-state index in [1.54, 1.807) is 11.4 Å². The number of carbonyl (C=O) groups is 1. The van der Waals surface area contributed by atoms with Crippen molar-refractivity contribution in [3.05, 3.63) is 45.5 Å². The Bertz CT molecular complexity index is 1070. The highest BCUT2D eigenvalue weighted by Crippen LogP contribution is 2.34. The Labute approximate surface area is 170 Å². The minimum absolute atomic E-state index is 0.0947. The Balaban J connectivity index is 1.91. The highest BCUT2D eigenvalue weighted by atomic mass is 35.5. The number of hydrogen-bond donors (Lipinski definition) is 4. The third-order valence-corrected chi connectivity index (χ3v) is 4.65. The number of halogens is 4. The van der Waals surface area contributed by atoms with Crippen molar-refractivity contribution >= 4 is 57.7 Å². The Morgan fingerprint density at radius 3 is 2.72 bits per heavy atom. The maximum absolute atomic E-state index is 13.8. The zero-order valence-corrected chi connectivity index (χ0v) is 15.8. The van der Waals surface area contributed by atoms with E-state index >= 15 is 0 Å². The summed E-state index contributed by atoms with van der Waals surface area (Å²) in [5.41, 5.74) is 10.5. The van der Waals surface area contributed by atoms with E-state index in [1.807, 2.05) is 0 Å². The maximum atomic E-state index is 13.8. The van der Waals surface area contributed by atoms with E-state index in [0.29, 0.717) is 5.69 Å². The first-order valence-electron chi connectivity index (χ1n) is 7.72. The number of benzene rings is 1. The molecule has 0 saturated carbocycles. The summed E-state index contributed by atoms with van der Waals surface area (Å²) in [5.74, 6) is -1.92. The first-order valence-corrected chi connectivity index (χ1v) is 8.98. The van der Waals surface area contributed by atoms with Gasteiger partial charge < -0.3 is 26.8 Å². The number of alkyl halides is 2. The van der Waals surface area contributed by atoms with Gasteiger partial charge in [-0.3, -0.25) is 4.79 Å². The number of nitrogens with one attached hydrogen (secondary N) is 2. The van der Waals surface area contributed by atoms with Crippen LogP contribution in [-0.2, 0) is 0 Å². The second-order valence-corrected chi connectivity index (χ2v) is 6.74. The fourth-order valence-electron chi connectivity index (χ4n) is 2.22. The van der Waals surface area contributed by atoms with Crippen molar-refractivity contribution in [1.82, 2.24) is 9.97 Å². The van der Waals surface area contributed by atoms with Crippen LogP contribution in [-0.4, -0.2) is 22.5 Å². The molecule has 3 rings (SSSR count). The summed E-state index contributed by atoms with van der Waals surface area (Å²) in [6.45, 7) is -3.16. The van der Waals surface area contributed by atoms with E-state index in [4.69, 9.17) is 23.1 Å². The molecule has 2 aromatic heterocycles. The van der Waals surface area contributed by atoms with Crippen LogP contribution in [0.4, 0.5) is 42.0 Å². The Kier molecular flexibility index (Phi) is 5.94. The number of ether oxygens (including phenoxy) is 1. The van der Waals surface area contributed by atoms with Crippen LogP contribution >= 0.6 is 22.9 Å². The third-order valence-electron chi connectivity index (χ3n) is 3.45. The zero-order chi connectivity index (χ0) is 21.1. The lowest BCUT2D eigenvalue weighted by Gasteiger charge is -2.14. The van der Waals surface area contributed by atoms with Crippen molar-refractivity contribution in [2.45, 2.75) is 6.61 Å². The number of nitrogens with two attached hydrogens (primary N) is 2. The van der Waals surface area contributed by atoms with Gasteiger partial charge in [0.25, 0.3) is 5.91 Å². The van der Waals surface area contributed by atoms with Gasteiger partial charge in [-0.15, -0.1) is 11.3 Å². The molecule has 0 atom stereocenters. The Morgan fingerprint density at radius 2 is 2.03 bits per heavy atom. The molecule has 0 radical (unpaired) electrons. The van der Waals surface area contributed by atoms with Gasteiger partial charge in [-0.1, -0.05) is 11.6 Å². The standard InChI is InChI=1S/C16H12ClF3N6O2S/c17-6-5-23-16(26-14(6)24-9-1-2-29-12(9)13(22)27)25-10-3-7(18)8(21)4-11(10)28-15(19)20/h1-5,15H,21H2,(H2,22,27)(H2,23,24,25,26). The van der Waals surface area contributed by atoms with Gasteiger partial charge in [-0.25, -0.2) is 9.37 Å². The average molecular weight is 445 g/mol.